The highest BCUT2D eigenvalue weighted by atomic mass is 16.5. The summed E-state index contributed by atoms with van der Waals surface area (Å²) in [6.07, 6.45) is 4.32. The van der Waals surface area contributed by atoms with Gasteiger partial charge in [-0.2, -0.15) is 0 Å². The number of Topliss-reactive ketones (excluding diaryl/α,β-unsaturated/α-hetero) is 1. The third kappa shape index (κ3) is 2.65. The van der Waals surface area contributed by atoms with Gasteiger partial charge in [-0.25, -0.2) is 0 Å². The standard InChI is InChI=1S/C18H25NO2/c1-14-5-6-16(15(2)13-14)17(20)18(7-3-4-8-18)19-9-11-21-12-10-19/h5-6,13H,3-4,7-12H2,1-2H3. The van der Waals surface area contributed by atoms with Crippen molar-refractivity contribution in [2.24, 2.45) is 0 Å². The maximum absolute atomic E-state index is 13.3. The Bertz CT molecular complexity index is 526. The summed E-state index contributed by atoms with van der Waals surface area (Å²) in [7, 11) is 0. The lowest BCUT2D eigenvalue weighted by atomic mass is 9.83. The second-order valence-electron chi connectivity index (χ2n) is 6.49. The summed E-state index contributed by atoms with van der Waals surface area (Å²) in [4.78, 5) is 15.7. The second-order valence-corrected chi connectivity index (χ2v) is 6.49. The molecular formula is C18H25NO2. The van der Waals surface area contributed by atoms with E-state index in [4.69, 9.17) is 4.74 Å². The molecule has 0 bridgehead atoms. The number of morpholine rings is 1. The Morgan fingerprint density at radius 2 is 1.81 bits per heavy atom. The Kier molecular flexibility index (Phi) is 4.14. The zero-order chi connectivity index (χ0) is 14.9. The molecule has 0 atom stereocenters. The largest absolute Gasteiger partial charge is 0.379 e. The number of carbonyl (C=O) groups is 1. The quantitative estimate of drug-likeness (QED) is 0.800. The molecule has 3 nitrogen and oxygen atoms in total. The number of ketones is 1. The summed E-state index contributed by atoms with van der Waals surface area (Å²) in [6, 6.07) is 6.20. The van der Waals surface area contributed by atoms with Gasteiger partial charge in [0.15, 0.2) is 5.78 Å². The van der Waals surface area contributed by atoms with Crippen molar-refractivity contribution in [3.8, 4) is 0 Å². The highest BCUT2D eigenvalue weighted by Gasteiger charge is 2.46. The van der Waals surface area contributed by atoms with Gasteiger partial charge in [-0.3, -0.25) is 9.69 Å². The number of ether oxygens (including phenoxy) is 1. The summed E-state index contributed by atoms with van der Waals surface area (Å²) in [5.74, 6) is 0.333. The first kappa shape index (κ1) is 14.7. The summed E-state index contributed by atoms with van der Waals surface area (Å²) in [5.41, 5.74) is 2.97. The minimum absolute atomic E-state index is 0.274. The van der Waals surface area contributed by atoms with Crippen LogP contribution < -0.4 is 0 Å². The lowest BCUT2D eigenvalue weighted by Crippen LogP contribution is -2.56. The number of hydrogen-bond donors (Lipinski definition) is 0. The highest BCUT2D eigenvalue weighted by molar-refractivity contribution is 6.04. The molecular weight excluding hydrogens is 262 g/mol. The molecule has 1 saturated carbocycles. The maximum atomic E-state index is 13.3. The molecule has 0 spiro atoms. The fraction of sp³-hybridized carbons (Fsp3) is 0.611. The molecule has 0 radical (unpaired) electrons. The van der Waals surface area contributed by atoms with Crippen LogP contribution in [0.15, 0.2) is 18.2 Å². The number of rotatable bonds is 3. The molecule has 3 heteroatoms. The van der Waals surface area contributed by atoms with Crippen LogP contribution in [-0.4, -0.2) is 42.5 Å². The van der Waals surface area contributed by atoms with Crippen LogP contribution >= 0.6 is 0 Å². The van der Waals surface area contributed by atoms with Crippen LogP contribution in [0.3, 0.4) is 0 Å². The number of nitrogens with zero attached hydrogens (tertiary/aromatic N) is 1. The maximum Gasteiger partial charge on any atom is 0.183 e. The lowest BCUT2D eigenvalue weighted by Gasteiger charge is -2.42. The van der Waals surface area contributed by atoms with Gasteiger partial charge in [0.25, 0.3) is 0 Å². The van der Waals surface area contributed by atoms with Crippen molar-refractivity contribution in [3.63, 3.8) is 0 Å². The smallest absolute Gasteiger partial charge is 0.183 e. The molecule has 0 amide bonds. The Morgan fingerprint density at radius 3 is 2.43 bits per heavy atom. The van der Waals surface area contributed by atoms with Crippen LogP contribution in [-0.2, 0) is 4.74 Å². The zero-order valence-electron chi connectivity index (χ0n) is 13.2. The molecule has 0 aromatic heterocycles. The Morgan fingerprint density at radius 1 is 1.14 bits per heavy atom. The minimum Gasteiger partial charge on any atom is -0.379 e. The van der Waals surface area contributed by atoms with E-state index < -0.39 is 0 Å². The van der Waals surface area contributed by atoms with Gasteiger partial charge in [0.2, 0.25) is 0 Å². The average molecular weight is 287 g/mol. The third-order valence-corrected chi connectivity index (χ3v) is 5.10. The molecule has 3 rings (SSSR count). The molecule has 1 aliphatic carbocycles. The molecule has 2 fully saturated rings. The van der Waals surface area contributed by atoms with Gasteiger partial charge in [0, 0.05) is 18.7 Å². The van der Waals surface area contributed by atoms with E-state index in [2.05, 4.69) is 30.9 Å². The van der Waals surface area contributed by atoms with E-state index in [0.29, 0.717) is 5.78 Å². The van der Waals surface area contributed by atoms with E-state index in [1.165, 1.54) is 5.56 Å². The summed E-state index contributed by atoms with van der Waals surface area (Å²) >= 11 is 0. The fourth-order valence-corrected chi connectivity index (χ4v) is 3.96. The van der Waals surface area contributed by atoms with E-state index in [-0.39, 0.29) is 5.54 Å². The van der Waals surface area contributed by atoms with E-state index in [1.54, 1.807) is 0 Å². The number of carbonyl (C=O) groups excluding carboxylic acids is 1. The Hall–Kier alpha value is -1.19. The van der Waals surface area contributed by atoms with Gasteiger partial charge in [0.05, 0.1) is 18.8 Å². The predicted molar refractivity (Wildman–Crippen MR) is 83.8 cm³/mol. The molecule has 0 unspecified atom stereocenters. The Labute approximate surface area is 127 Å². The second kappa shape index (κ2) is 5.90. The first-order valence-electron chi connectivity index (χ1n) is 8.08. The molecule has 114 valence electrons. The van der Waals surface area contributed by atoms with Crippen LogP contribution in [0.25, 0.3) is 0 Å². The first-order chi connectivity index (χ1) is 10.1. The van der Waals surface area contributed by atoms with Crippen LogP contribution in [0.5, 0.6) is 0 Å². The average Bonchev–Trinajstić information content (AvgIpc) is 2.98. The van der Waals surface area contributed by atoms with E-state index in [0.717, 1.165) is 63.1 Å². The van der Waals surface area contributed by atoms with Crippen molar-refractivity contribution in [3.05, 3.63) is 34.9 Å². The molecule has 1 aromatic carbocycles. The van der Waals surface area contributed by atoms with E-state index >= 15 is 0 Å². The SMILES string of the molecule is Cc1ccc(C(=O)C2(N3CCOCC3)CCCC2)c(C)c1. The minimum atomic E-state index is -0.274. The van der Waals surface area contributed by atoms with Crippen LogP contribution in [0.1, 0.15) is 47.2 Å². The van der Waals surface area contributed by atoms with Gasteiger partial charge in [-0.05, 0) is 32.3 Å². The van der Waals surface area contributed by atoms with E-state index in [1.807, 2.05) is 6.07 Å². The molecule has 2 aliphatic rings. The first-order valence-corrected chi connectivity index (χ1v) is 8.08. The van der Waals surface area contributed by atoms with Gasteiger partial charge < -0.3 is 4.74 Å². The molecule has 0 N–H and O–H groups in total. The summed E-state index contributed by atoms with van der Waals surface area (Å²) in [5, 5.41) is 0. The van der Waals surface area contributed by atoms with Gasteiger partial charge in [-0.1, -0.05) is 36.6 Å². The van der Waals surface area contributed by atoms with Crippen molar-refractivity contribution in [1.29, 1.82) is 0 Å². The van der Waals surface area contributed by atoms with Crippen molar-refractivity contribution in [2.75, 3.05) is 26.3 Å². The van der Waals surface area contributed by atoms with Crippen molar-refractivity contribution < 1.29 is 9.53 Å². The van der Waals surface area contributed by atoms with Crippen LogP contribution in [0, 0.1) is 13.8 Å². The third-order valence-electron chi connectivity index (χ3n) is 5.10. The molecule has 1 aliphatic heterocycles. The zero-order valence-corrected chi connectivity index (χ0v) is 13.2. The van der Waals surface area contributed by atoms with Crippen molar-refractivity contribution in [2.45, 2.75) is 45.1 Å². The monoisotopic (exact) mass is 287 g/mol. The highest BCUT2D eigenvalue weighted by Crippen LogP contribution is 2.39. The van der Waals surface area contributed by atoms with Crippen LogP contribution in [0.2, 0.25) is 0 Å². The topological polar surface area (TPSA) is 29.5 Å². The molecule has 1 saturated heterocycles. The summed E-state index contributed by atoms with van der Waals surface area (Å²) in [6.45, 7) is 7.41. The van der Waals surface area contributed by atoms with Gasteiger partial charge in [-0.15, -0.1) is 0 Å². The van der Waals surface area contributed by atoms with Gasteiger partial charge >= 0.3 is 0 Å². The molecule has 21 heavy (non-hydrogen) atoms. The predicted octanol–water partition coefficient (Wildman–Crippen LogP) is 3.13. The van der Waals surface area contributed by atoms with Crippen molar-refractivity contribution in [1.82, 2.24) is 4.90 Å². The number of hydrogen-bond acceptors (Lipinski definition) is 3. The van der Waals surface area contributed by atoms with E-state index in [9.17, 15) is 4.79 Å². The molecule has 1 heterocycles. The van der Waals surface area contributed by atoms with Crippen LogP contribution in [0.4, 0.5) is 0 Å². The normalized spacial score (nSPS) is 22.4. The lowest BCUT2D eigenvalue weighted by molar-refractivity contribution is -0.0130. The number of benzene rings is 1. The van der Waals surface area contributed by atoms with Crippen molar-refractivity contribution >= 4 is 5.78 Å². The van der Waals surface area contributed by atoms with Gasteiger partial charge in [0.1, 0.15) is 0 Å². The number of aryl methyl sites for hydroxylation is 2. The Balaban J connectivity index is 1.94. The fourth-order valence-electron chi connectivity index (χ4n) is 3.96. The summed E-state index contributed by atoms with van der Waals surface area (Å²) < 4.78 is 5.48. The molecule has 1 aromatic rings.